The lowest BCUT2D eigenvalue weighted by Crippen LogP contribution is -2.39. The fourth-order valence-corrected chi connectivity index (χ4v) is 2.77. The van der Waals surface area contributed by atoms with Gasteiger partial charge in [0.05, 0.1) is 19.1 Å². The van der Waals surface area contributed by atoms with Crippen LogP contribution in [0.2, 0.25) is 0 Å². The van der Waals surface area contributed by atoms with Crippen molar-refractivity contribution in [3.8, 4) is 5.75 Å². The molecule has 0 aliphatic carbocycles. The summed E-state index contributed by atoms with van der Waals surface area (Å²) in [6, 6.07) is 7.63. The van der Waals surface area contributed by atoms with Gasteiger partial charge in [-0.15, -0.1) is 0 Å². The predicted octanol–water partition coefficient (Wildman–Crippen LogP) is 2.90. The maximum atomic E-state index is 12.3. The fourth-order valence-electron chi connectivity index (χ4n) is 2.77. The van der Waals surface area contributed by atoms with Crippen molar-refractivity contribution < 1.29 is 19.1 Å². The molecule has 1 fully saturated rings. The number of amides is 1. The van der Waals surface area contributed by atoms with Crippen LogP contribution in [-0.4, -0.2) is 43.1 Å². The highest BCUT2D eigenvalue weighted by atomic mass is 16.5. The summed E-state index contributed by atoms with van der Waals surface area (Å²) in [6.45, 7) is 5.89. The highest BCUT2D eigenvalue weighted by molar-refractivity contribution is 5.92. The minimum Gasteiger partial charge on any atom is -0.493 e. The number of hydrogen-bond acceptors (Lipinski definition) is 4. The van der Waals surface area contributed by atoms with Crippen molar-refractivity contribution >= 4 is 18.0 Å². The zero-order chi connectivity index (χ0) is 17.4. The van der Waals surface area contributed by atoms with E-state index in [0.717, 1.165) is 11.3 Å². The van der Waals surface area contributed by atoms with E-state index in [0.29, 0.717) is 39.1 Å². The van der Waals surface area contributed by atoms with Gasteiger partial charge in [-0.1, -0.05) is 18.2 Å². The van der Waals surface area contributed by atoms with Crippen molar-refractivity contribution in [1.82, 2.24) is 4.90 Å². The fraction of sp³-hybridized carbons (Fsp3) is 0.474. The van der Waals surface area contributed by atoms with Crippen LogP contribution in [0.3, 0.4) is 0 Å². The van der Waals surface area contributed by atoms with Crippen LogP contribution in [0.4, 0.5) is 0 Å². The van der Waals surface area contributed by atoms with Gasteiger partial charge in [0, 0.05) is 24.7 Å². The average molecular weight is 331 g/mol. The zero-order valence-corrected chi connectivity index (χ0v) is 14.4. The first kappa shape index (κ1) is 18.0. The van der Waals surface area contributed by atoms with Crippen LogP contribution in [0.5, 0.6) is 5.75 Å². The molecule has 0 bridgehead atoms. The van der Waals surface area contributed by atoms with E-state index in [1.54, 1.807) is 24.0 Å². The summed E-state index contributed by atoms with van der Waals surface area (Å²) in [6.07, 6.45) is 4.68. The second-order valence-electron chi connectivity index (χ2n) is 5.66. The summed E-state index contributed by atoms with van der Waals surface area (Å²) in [5.74, 6) is 0.496. The van der Waals surface area contributed by atoms with Gasteiger partial charge in [-0.25, -0.2) is 0 Å². The molecule has 1 aliphatic heterocycles. The Morgan fingerprint density at radius 3 is 2.54 bits per heavy atom. The molecule has 0 spiro atoms. The predicted molar refractivity (Wildman–Crippen MR) is 92.6 cm³/mol. The van der Waals surface area contributed by atoms with Crippen molar-refractivity contribution in [2.45, 2.75) is 26.7 Å². The average Bonchev–Trinajstić information content (AvgIpc) is 2.61. The molecule has 0 aromatic heterocycles. The number of rotatable bonds is 6. The van der Waals surface area contributed by atoms with Crippen molar-refractivity contribution in [3.05, 3.63) is 35.9 Å². The molecule has 1 heterocycles. The Morgan fingerprint density at radius 2 is 1.88 bits per heavy atom. The molecule has 24 heavy (non-hydrogen) atoms. The highest BCUT2D eigenvalue weighted by Crippen LogP contribution is 2.21. The van der Waals surface area contributed by atoms with E-state index in [9.17, 15) is 9.59 Å². The second-order valence-corrected chi connectivity index (χ2v) is 5.66. The topological polar surface area (TPSA) is 55.8 Å². The number of esters is 1. The molecule has 130 valence electrons. The van der Waals surface area contributed by atoms with E-state index in [-0.39, 0.29) is 17.8 Å². The van der Waals surface area contributed by atoms with Gasteiger partial charge in [0.15, 0.2) is 0 Å². The van der Waals surface area contributed by atoms with E-state index < -0.39 is 0 Å². The Hall–Kier alpha value is -2.30. The molecule has 1 aliphatic rings. The van der Waals surface area contributed by atoms with Crippen LogP contribution in [0.25, 0.3) is 6.08 Å². The lowest BCUT2D eigenvalue weighted by atomic mass is 9.97. The van der Waals surface area contributed by atoms with Gasteiger partial charge >= 0.3 is 5.97 Å². The van der Waals surface area contributed by atoms with E-state index in [4.69, 9.17) is 9.47 Å². The molecular weight excluding hydrogens is 306 g/mol. The monoisotopic (exact) mass is 331 g/mol. The van der Waals surface area contributed by atoms with Gasteiger partial charge in [0.1, 0.15) is 5.75 Å². The molecule has 5 heteroatoms. The molecule has 0 saturated carbocycles. The lowest BCUT2D eigenvalue weighted by Gasteiger charge is -2.30. The summed E-state index contributed by atoms with van der Waals surface area (Å²) < 4.78 is 10.6. The quantitative estimate of drug-likeness (QED) is 0.594. The van der Waals surface area contributed by atoms with E-state index in [1.165, 1.54) is 0 Å². The maximum Gasteiger partial charge on any atom is 0.309 e. The minimum atomic E-state index is -0.147. The number of likely N-dealkylation sites (tertiary alicyclic amines) is 1. The van der Waals surface area contributed by atoms with Crippen LogP contribution in [0.15, 0.2) is 30.3 Å². The molecule has 0 unspecified atom stereocenters. The number of nitrogens with zero attached hydrogens (tertiary/aromatic N) is 1. The molecule has 1 aromatic carbocycles. The number of piperidine rings is 1. The van der Waals surface area contributed by atoms with Crippen LogP contribution >= 0.6 is 0 Å². The van der Waals surface area contributed by atoms with Gasteiger partial charge in [-0.3, -0.25) is 9.59 Å². The van der Waals surface area contributed by atoms with Crippen LogP contribution in [-0.2, 0) is 14.3 Å². The second kappa shape index (κ2) is 9.11. The number of hydrogen-bond donors (Lipinski definition) is 0. The summed E-state index contributed by atoms with van der Waals surface area (Å²) in [5, 5.41) is 0. The molecule has 0 atom stereocenters. The van der Waals surface area contributed by atoms with E-state index >= 15 is 0 Å². The van der Waals surface area contributed by atoms with Crippen molar-refractivity contribution in [2.75, 3.05) is 26.3 Å². The molecule has 1 saturated heterocycles. The zero-order valence-electron chi connectivity index (χ0n) is 14.4. The molecule has 2 rings (SSSR count). The third-order valence-corrected chi connectivity index (χ3v) is 4.05. The molecule has 0 radical (unpaired) electrons. The van der Waals surface area contributed by atoms with Gasteiger partial charge in [-0.05, 0) is 38.8 Å². The van der Waals surface area contributed by atoms with Gasteiger partial charge < -0.3 is 14.4 Å². The summed E-state index contributed by atoms with van der Waals surface area (Å²) >= 11 is 0. The number of carbonyl (C=O) groups is 2. The third-order valence-electron chi connectivity index (χ3n) is 4.05. The Labute approximate surface area is 143 Å². The first-order valence-electron chi connectivity index (χ1n) is 8.51. The molecule has 1 aromatic rings. The van der Waals surface area contributed by atoms with Crippen LogP contribution in [0, 0.1) is 5.92 Å². The van der Waals surface area contributed by atoms with Crippen LogP contribution < -0.4 is 4.74 Å². The molecule has 0 N–H and O–H groups in total. The minimum absolute atomic E-state index is 0.0383. The normalized spacial score (nSPS) is 15.5. The molecular formula is C19H25NO4. The summed E-state index contributed by atoms with van der Waals surface area (Å²) in [4.78, 5) is 25.8. The number of ether oxygens (including phenoxy) is 2. The Balaban J connectivity index is 1.91. The summed E-state index contributed by atoms with van der Waals surface area (Å²) in [7, 11) is 0. The van der Waals surface area contributed by atoms with Gasteiger partial charge in [0.25, 0.3) is 0 Å². The van der Waals surface area contributed by atoms with E-state index in [2.05, 4.69) is 0 Å². The third kappa shape index (κ3) is 4.85. The van der Waals surface area contributed by atoms with Crippen molar-refractivity contribution in [2.24, 2.45) is 5.92 Å². The Kier molecular flexibility index (Phi) is 6.85. The molecule has 5 nitrogen and oxygen atoms in total. The Morgan fingerprint density at radius 1 is 1.17 bits per heavy atom. The number of benzene rings is 1. The largest absolute Gasteiger partial charge is 0.493 e. The smallest absolute Gasteiger partial charge is 0.309 e. The van der Waals surface area contributed by atoms with Crippen molar-refractivity contribution in [3.63, 3.8) is 0 Å². The van der Waals surface area contributed by atoms with Crippen molar-refractivity contribution in [1.29, 1.82) is 0 Å². The number of carbonyl (C=O) groups excluding carboxylic acids is 2. The van der Waals surface area contributed by atoms with E-state index in [1.807, 2.05) is 31.2 Å². The standard InChI is InChI=1S/C19H25NO4/c1-3-23-17-8-6-5-7-15(17)9-10-18(21)20-13-11-16(12-14-20)19(22)24-4-2/h5-10,16H,3-4,11-14H2,1-2H3/b10-9+. The maximum absolute atomic E-state index is 12.3. The first-order chi connectivity index (χ1) is 11.7. The number of para-hydroxylation sites is 1. The summed E-state index contributed by atoms with van der Waals surface area (Å²) in [5.41, 5.74) is 0.883. The lowest BCUT2D eigenvalue weighted by molar-refractivity contribution is -0.150. The SMILES string of the molecule is CCOC(=O)C1CCN(C(=O)/C=C/c2ccccc2OCC)CC1. The molecule has 1 amide bonds. The Bertz CT molecular complexity index is 589. The van der Waals surface area contributed by atoms with Gasteiger partial charge in [-0.2, -0.15) is 0 Å². The van der Waals surface area contributed by atoms with Gasteiger partial charge in [0.2, 0.25) is 5.91 Å². The highest BCUT2D eigenvalue weighted by Gasteiger charge is 2.27. The first-order valence-corrected chi connectivity index (χ1v) is 8.51. The van der Waals surface area contributed by atoms with Crippen LogP contribution in [0.1, 0.15) is 32.3 Å².